The van der Waals surface area contributed by atoms with Gasteiger partial charge in [0.15, 0.2) is 0 Å². The number of fused-ring (bicyclic) bond motifs is 1. The minimum absolute atomic E-state index is 0.208. The molecule has 1 fully saturated rings. The Bertz CT molecular complexity index is 503. The number of carbonyl (C=O) groups excluding carboxylic acids is 1. The monoisotopic (exact) mass is 306 g/mol. The van der Waals surface area contributed by atoms with Crippen LogP contribution >= 0.6 is 11.3 Å². The Morgan fingerprint density at radius 2 is 2.10 bits per heavy atom. The smallest absolute Gasteiger partial charge is 0.230 e. The van der Waals surface area contributed by atoms with Gasteiger partial charge in [-0.1, -0.05) is 25.7 Å². The van der Waals surface area contributed by atoms with Gasteiger partial charge in [-0.3, -0.25) is 4.79 Å². The van der Waals surface area contributed by atoms with Crippen molar-refractivity contribution < 1.29 is 4.79 Å². The van der Waals surface area contributed by atoms with E-state index in [0.29, 0.717) is 12.5 Å². The van der Waals surface area contributed by atoms with Crippen LogP contribution < -0.4 is 5.73 Å². The van der Waals surface area contributed by atoms with Crippen LogP contribution in [0.15, 0.2) is 11.4 Å². The van der Waals surface area contributed by atoms with E-state index in [4.69, 9.17) is 5.73 Å². The molecule has 1 aliphatic heterocycles. The molecule has 0 bridgehead atoms. The van der Waals surface area contributed by atoms with Crippen LogP contribution in [0.2, 0.25) is 0 Å². The quantitative estimate of drug-likeness (QED) is 0.850. The van der Waals surface area contributed by atoms with Gasteiger partial charge in [0.2, 0.25) is 5.91 Å². The molecule has 4 heteroatoms. The number of carbonyl (C=O) groups is 1. The molecular formula is C17H26N2OS. The topological polar surface area (TPSA) is 46.3 Å². The van der Waals surface area contributed by atoms with Crippen LogP contribution in [0.1, 0.15) is 61.9 Å². The van der Waals surface area contributed by atoms with Crippen LogP contribution in [0.3, 0.4) is 0 Å². The zero-order valence-corrected chi connectivity index (χ0v) is 13.8. The molecule has 1 aromatic heterocycles. The minimum Gasteiger partial charge on any atom is -0.335 e. The molecule has 1 amide bonds. The number of hydrogen-bond acceptors (Lipinski definition) is 3. The van der Waals surface area contributed by atoms with Crippen molar-refractivity contribution in [1.29, 1.82) is 0 Å². The van der Waals surface area contributed by atoms with E-state index in [1.807, 2.05) is 11.3 Å². The van der Waals surface area contributed by atoms with Gasteiger partial charge in [-0.15, -0.1) is 11.3 Å². The van der Waals surface area contributed by atoms with Crippen molar-refractivity contribution in [3.8, 4) is 0 Å². The van der Waals surface area contributed by atoms with Crippen LogP contribution in [0.4, 0.5) is 0 Å². The lowest BCUT2D eigenvalue weighted by Gasteiger charge is -2.41. The van der Waals surface area contributed by atoms with E-state index in [2.05, 4.69) is 23.3 Å². The number of hydrogen-bond donors (Lipinski definition) is 1. The van der Waals surface area contributed by atoms with Crippen LogP contribution in [0.5, 0.6) is 0 Å². The number of nitrogens with two attached hydrogens (primary N) is 1. The van der Waals surface area contributed by atoms with Crippen molar-refractivity contribution in [3.05, 3.63) is 21.9 Å². The lowest BCUT2D eigenvalue weighted by molar-refractivity contribution is -0.145. The van der Waals surface area contributed by atoms with Crippen molar-refractivity contribution >= 4 is 17.2 Å². The highest BCUT2D eigenvalue weighted by molar-refractivity contribution is 7.10. The Balaban J connectivity index is 1.84. The Kier molecular flexibility index (Phi) is 4.36. The van der Waals surface area contributed by atoms with Crippen molar-refractivity contribution in [3.63, 3.8) is 0 Å². The Hall–Kier alpha value is -0.870. The minimum atomic E-state index is -0.293. The summed E-state index contributed by atoms with van der Waals surface area (Å²) >= 11 is 1.82. The molecule has 1 aliphatic carbocycles. The van der Waals surface area contributed by atoms with Crippen LogP contribution in [-0.2, 0) is 11.2 Å². The van der Waals surface area contributed by atoms with E-state index in [1.54, 1.807) is 0 Å². The lowest BCUT2D eigenvalue weighted by Crippen LogP contribution is -2.50. The molecule has 1 atom stereocenters. The van der Waals surface area contributed by atoms with Crippen LogP contribution in [-0.4, -0.2) is 23.9 Å². The standard InChI is InChI=1S/C17H26N2OS/c1-13-14-7-11-21-15(14)6-10-19(13)16(20)17(12-18)8-4-2-3-5-9-17/h7,11,13H,2-6,8-10,12,18H2,1H3. The fraction of sp³-hybridized carbons (Fsp3) is 0.706. The summed E-state index contributed by atoms with van der Waals surface area (Å²) in [6, 6.07) is 2.39. The molecular weight excluding hydrogens is 280 g/mol. The highest BCUT2D eigenvalue weighted by Crippen LogP contribution is 2.40. The normalized spacial score (nSPS) is 25.2. The third-order valence-corrected chi connectivity index (χ3v) is 6.44. The average molecular weight is 306 g/mol. The third-order valence-electron chi connectivity index (χ3n) is 5.44. The predicted molar refractivity (Wildman–Crippen MR) is 87.3 cm³/mol. The van der Waals surface area contributed by atoms with E-state index in [9.17, 15) is 4.79 Å². The van der Waals surface area contributed by atoms with Gasteiger partial charge in [-0.25, -0.2) is 0 Å². The van der Waals surface area contributed by atoms with Gasteiger partial charge in [-0.2, -0.15) is 0 Å². The fourth-order valence-corrected chi connectivity index (χ4v) is 4.96. The molecule has 0 saturated heterocycles. The lowest BCUT2D eigenvalue weighted by atomic mass is 9.78. The molecule has 1 saturated carbocycles. The summed E-state index contributed by atoms with van der Waals surface area (Å²) in [6.07, 6.45) is 7.75. The van der Waals surface area contributed by atoms with Crippen molar-refractivity contribution in [2.24, 2.45) is 11.1 Å². The maximum Gasteiger partial charge on any atom is 0.230 e. The van der Waals surface area contributed by atoms with Crippen molar-refractivity contribution in [2.75, 3.05) is 13.1 Å². The van der Waals surface area contributed by atoms with E-state index in [0.717, 1.165) is 38.6 Å². The second-order valence-electron chi connectivity index (χ2n) is 6.62. The molecule has 0 aromatic carbocycles. The predicted octanol–water partition coefficient (Wildman–Crippen LogP) is 3.49. The first-order chi connectivity index (χ1) is 10.2. The first kappa shape index (κ1) is 15.0. The molecule has 3 nitrogen and oxygen atoms in total. The molecule has 0 spiro atoms. The van der Waals surface area contributed by atoms with Crippen LogP contribution in [0, 0.1) is 5.41 Å². The number of rotatable bonds is 2. The van der Waals surface area contributed by atoms with Crippen molar-refractivity contribution in [2.45, 2.75) is 57.9 Å². The molecule has 2 heterocycles. The third kappa shape index (κ3) is 2.64. The summed E-state index contributed by atoms with van der Waals surface area (Å²) in [7, 11) is 0. The Morgan fingerprint density at radius 1 is 1.38 bits per heavy atom. The molecule has 3 rings (SSSR count). The fourth-order valence-electron chi connectivity index (χ4n) is 4.00. The maximum atomic E-state index is 13.3. The van der Waals surface area contributed by atoms with E-state index < -0.39 is 0 Å². The van der Waals surface area contributed by atoms with Crippen molar-refractivity contribution in [1.82, 2.24) is 4.90 Å². The molecule has 2 aliphatic rings. The summed E-state index contributed by atoms with van der Waals surface area (Å²) in [5.41, 5.74) is 7.14. The van der Waals surface area contributed by atoms with E-state index in [1.165, 1.54) is 23.3 Å². The average Bonchev–Trinajstić information content (AvgIpc) is 2.85. The van der Waals surface area contributed by atoms with Gasteiger partial charge in [0, 0.05) is 18.0 Å². The number of amides is 1. The molecule has 2 N–H and O–H groups in total. The molecule has 1 aromatic rings. The van der Waals surface area contributed by atoms with E-state index >= 15 is 0 Å². The summed E-state index contributed by atoms with van der Waals surface area (Å²) in [6.45, 7) is 3.53. The molecule has 116 valence electrons. The summed E-state index contributed by atoms with van der Waals surface area (Å²) in [5.74, 6) is 0.316. The molecule has 21 heavy (non-hydrogen) atoms. The van der Waals surface area contributed by atoms with Gasteiger partial charge >= 0.3 is 0 Å². The largest absolute Gasteiger partial charge is 0.335 e. The summed E-state index contributed by atoms with van der Waals surface area (Å²) in [5, 5.41) is 2.15. The summed E-state index contributed by atoms with van der Waals surface area (Å²) in [4.78, 5) is 16.8. The zero-order chi connectivity index (χ0) is 14.9. The molecule has 1 unspecified atom stereocenters. The first-order valence-corrected chi connectivity index (χ1v) is 9.13. The summed E-state index contributed by atoms with van der Waals surface area (Å²) < 4.78 is 0. The van der Waals surface area contributed by atoms with Gasteiger partial charge in [0.1, 0.15) is 0 Å². The zero-order valence-electron chi connectivity index (χ0n) is 12.9. The van der Waals surface area contributed by atoms with Gasteiger partial charge in [-0.05, 0) is 43.2 Å². The van der Waals surface area contributed by atoms with Crippen LogP contribution in [0.25, 0.3) is 0 Å². The van der Waals surface area contributed by atoms with Gasteiger partial charge < -0.3 is 10.6 Å². The number of thiophene rings is 1. The SMILES string of the molecule is CC1c2ccsc2CCN1C(=O)C1(CN)CCCCCC1. The van der Waals surface area contributed by atoms with Gasteiger partial charge in [0.25, 0.3) is 0 Å². The number of nitrogens with zero attached hydrogens (tertiary/aromatic N) is 1. The second kappa shape index (κ2) is 6.09. The first-order valence-electron chi connectivity index (χ1n) is 8.25. The van der Waals surface area contributed by atoms with Gasteiger partial charge in [0.05, 0.1) is 11.5 Å². The Morgan fingerprint density at radius 3 is 2.76 bits per heavy atom. The highest BCUT2D eigenvalue weighted by Gasteiger charge is 2.42. The van der Waals surface area contributed by atoms with E-state index in [-0.39, 0.29) is 11.5 Å². The maximum absolute atomic E-state index is 13.3. The molecule has 0 radical (unpaired) electrons. The Labute approximate surface area is 131 Å². The second-order valence-corrected chi connectivity index (χ2v) is 7.62. The highest BCUT2D eigenvalue weighted by atomic mass is 32.1.